The minimum Gasteiger partial charge on any atom is -0.365 e. The van der Waals surface area contributed by atoms with Crippen LogP contribution in [0, 0.1) is 11.8 Å². The standard InChI is InChI=1S/C11H18N2S2/c1-2-9(1)10-6-13-11(15-10)12-5-8-3-4-14-7-8/h8-10H,1-7H2,(H,12,13). The Morgan fingerprint density at radius 1 is 1.33 bits per heavy atom. The van der Waals surface area contributed by atoms with Crippen LogP contribution >= 0.6 is 23.5 Å². The smallest absolute Gasteiger partial charge is 0.156 e. The molecule has 1 aliphatic carbocycles. The maximum atomic E-state index is 4.60. The fourth-order valence-electron chi connectivity index (χ4n) is 2.18. The molecule has 2 unspecified atom stereocenters. The van der Waals surface area contributed by atoms with Crippen LogP contribution in [0.3, 0.4) is 0 Å². The molecule has 0 aromatic carbocycles. The number of nitrogens with one attached hydrogen (secondary N) is 1. The van der Waals surface area contributed by atoms with E-state index >= 15 is 0 Å². The first-order valence-corrected chi connectivity index (χ1v) is 7.98. The molecular formula is C11H18N2S2. The number of hydrogen-bond donors (Lipinski definition) is 1. The second-order valence-electron chi connectivity index (χ2n) is 4.75. The third-order valence-corrected chi connectivity index (χ3v) is 5.96. The number of aliphatic imine (C=N–C) groups is 1. The van der Waals surface area contributed by atoms with Crippen molar-refractivity contribution in [3.8, 4) is 0 Å². The molecule has 1 saturated carbocycles. The topological polar surface area (TPSA) is 24.4 Å². The van der Waals surface area contributed by atoms with Crippen molar-refractivity contribution in [1.29, 1.82) is 0 Å². The van der Waals surface area contributed by atoms with E-state index in [1.54, 1.807) is 0 Å². The van der Waals surface area contributed by atoms with Gasteiger partial charge in [0, 0.05) is 11.8 Å². The maximum Gasteiger partial charge on any atom is 0.156 e. The first-order valence-electron chi connectivity index (χ1n) is 5.94. The maximum absolute atomic E-state index is 4.60. The lowest BCUT2D eigenvalue weighted by Gasteiger charge is -2.11. The van der Waals surface area contributed by atoms with Crippen molar-refractivity contribution in [2.24, 2.45) is 16.8 Å². The van der Waals surface area contributed by atoms with Crippen molar-refractivity contribution in [3.63, 3.8) is 0 Å². The Morgan fingerprint density at radius 2 is 2.27 bits per heavy atom. The van der Waals surface area contributed by atoms with Crippen molar-refractivity contribution in [3.05, 3.63) is 0 Å². The van der Waals surface area contributed by atoms with Crippen LogP contribution in [0.5, 0.6) is 0 Å². The Morgan fingerprint density at radius 3 is 3.00 bits per heavy atom. The van der Waals surface area contributed by atoms with Crippen LogP contribution in [0.25, 0.3) is 0 Å². The van der Waals surface area contributed by atoms with Crippen LogP contribution in [0.2, 0.25) is 0 Å². The minimum atomic E-state index is 0.811. The molecule has 0 amide bonds. The van der Waals surface area contributed by atoms with E-state index in [0.29, 0.717) is 0 Å². The van der Waals surface area contributed by atoms with Crippen LogP contribution in [-0.4, -0.2) is 35.0 Å². The van der Waals surface area contributed by atoms with E-state index in [1.807, 2.05) is 11.8 Å². The van der Waals surface area contributed by atoms with E-state index in [4.69, 9.17) is 0 Å². The second kappa shape index (κ2) is 4.58. The third kappa shape index (κ3) is 2.64. The van der Waals surface area contributed by atoms with Crippen molar-refractivity contribution in [2.75, 3.05) is 24.6 Å². The van der Waals surface area contributed by atoms with Crippen molar-refractivity contribution in [1.82, 2.24) is 5.32 Å². The van der Waals surface area contributed by atoms with Crippen molar-refractivity contribution >= 4 is 28.7 Å². The molecule has 1 N–H and O–H groups in total. The molecule has 2 fully saturated rings. The average molecular weight is 242 g/mol. The van der Waals surface area contributed by atoms with Gasteiger partial charge < -0.3 is 5.32 Å². The molecule has 1 saturated heterocycles. The highest BCUT2D eigenvalue weighted by atomic mass is 32.2. The number of hydrogen-bond acceptors (Lipinski definition) is 4. The molecule has 0 spiro atoms. The lowest BCUT2D eigenvalue weighted by atomic mass is 10.1. The molecule has 3 rings (SSSR count). The summed E-state index contributed by atoms with van der Waals surface area (Å²) in [5.74, 6) is 4.58. The molecule has 0 bridgehead atoms. The fourth-order valence-corrected chi connectivity index (χ4v) is 4.68. The molecule has 0 aromatic heterocycles. The van der Waals surface area contributed by atoms with Gasteiger partial charge in [-0.2, -0.15) is 11.8 Å². The first-order chi connectivity index (χ1) is 7.42. The van der Waals surface area contributed by atoms with Gasteiger partial charge in [0.15, 0.2) is 5.17 Å². The molecule has 0 radical (unpaired) electrons. The van der Waals surface area contributed by atoms with Gasteiger partial charge in [-0.3, -0.25) is 4.99 Å². The molecule has 3 aliphatic rings. The zero-order valence-electron chi connectivity index (χ0n) is 8.95. The van der Waals surface area contributed by atoms with E-state index in [-0.39, 0.29) is 0 Å². The summed E-state index contributed by atoms with van der Waals surface area (Å²) < 4.78 is 0. The van der Waals surface area contributed by atoms with E-state index in [1.165, 1.54) is 35.9 Å². The van der Waals surface area contributed by atoms with Crippen LogP contribution in [-0.2, 0) is 0 Å². The lowest BCUT2D eigenvalue weighted by Crippen LogP contribution is -2.26. The molecule has 15 heavy (non-hydrogen) atoms. The predicted molar refractivity (Wildman–Crippen MR) is 69.8 cm³/mol. The number of nitrogens with zero attached hydrogens (tertiary/aromatic N) is 1. The molecule has 2 aliphatic heterocycles. The summed E-state index contributed by atoms with van der Waals surface area (Å²) in [6, 6.07) is 0. The van der Waals surface area contributed by atoms with Crippen LogP contribution in [0.1, 0.15) is 19.3 Å². The van der Waals surface area contributed by atoms with Gasteiger partial charge in [-0.1, -0.05) is 11.8 Å². The van der Waals surface area contributed by atoms with E-state index in [2.05, 4.69) is 22.1 Å². The molecule has 2 nitrogen and oxygen atoms in total. The predicted octanol–water partition coefficient (Wildman–Crippen LogP) is 2.21. The summed E-state index contributed by atoms with van der Waals surface area (Å²) in [7, 11) is 0. The summed E-state index contributed by atoms with van der Waals surface area (Å²) in [4.78, 5) is 4.60. The molecular weight excluding hydrogens is 224 g/mol. The Bertz CT molecular complexity index is 257. The van der Waals surface area contributed by atoms with Crippen LogP contribution in [0.4, 0.5) is 0 Å². The Balaban J connectivity index is 1.40. The van der Waals surface area contributed by atoms with Gasteiger partial charge in [-0.05, 0) is 42.6 Å². The molecule has 4 heteroatoms. The SMILES string of the molecule is C1CC(CNC2=NCC(C3CC3)S2)CS1. The molecule has 84 valence electrons. The number of amidine groups is 1. The van der Waals surface area contributed by atoms with Gasteiger partial charge in [0.1, 0.15) is 0 Å². The fraction of sp³-hybridized carbons (Fsp3) is 0.909. The zero-order chi connectivity index (χ0) is 10.1. The molecule has 2 atom stereocenters. The summed E-state index contributed by atoms with van der Waals surface area (Å²) in [6.07, 6.45) is 4.28. The summed E-state index contributed by atoms with van der Waals surface area (Å²) in [6.45, 7) is 2.22. The van der Waals surface area contributed by atoms with E-state index in [9.17, 15) is 0 Å². The van der Waals surface area contributed by atoms with Crippen molar-refractivity contribution in [2.45, 2.75) is 24.5 Å². The Labute approximate surface area is 100 Å². The van der Waals surface area contributed by atoms with Crippen LogP contribution in [0.15, 0.2) is 4.99 Å². The average Bonchev–Trinajstić information content (AvgIpc) is 2.82. The highest BCUT2D eigenvalue weighted by molar-refractivity contribution is 8.14. The van der Waals surface area contributed by atoms with Gasteiger partial charge in [-0.15, -0.1) is 0 Å². The number of thioether (sulfide) groups is 2. The summed E-state index contributed by atoms with van der Waals surface area (Å²) in [5.41, 5.74) is 0. The third-order valence-electron chi connectivity index (χ3n) is 3.39. The molecule has 0 aromatic rings. The van der Waals surface area contributed by atoms with Gasteiger partial charge in [0.05, 0.1) is 6.54 Å². The molecule has 2 heterocycles. The van der Waals surface area contributed by atoms with Crippen LogP contribution < -0.4 is 5.32 Å². The van der Waals surface area contributed by atoms with Gasteiger partial charge in [-0.25, -0.2) is 0 Å². The minimum absolute atomic E-state index is 0.811. The van der Waals surface area contributed by atoms with E-state index in [0.717, 1.165) is 30.2 Å². The Kier molecular flexibility index (Phi) is 3.15. The zero-order valence-corrected chi connectivity index (χ0v) is 10.6. The van der Waals surface area contributed by atoms with Gasteiger partial charge in [0.25, 0.3) is 0 Å². The Hall–Kier alpha value is 0.170. The van der Waals surface area contributed by atoms with Gasteiger partial charge in [0.2, 0.25) is 0 Å². The highest BCUT2D eigenvalue weighted by Crippen LogP contribution is 2.41. The summed E-state index contributed by atoms with van der Waals surface area (Å²) >= 11 is 4.09. The normalized spacial score (nSPS) is 35.6. The monoisotopic (exact) mass is 242 g/mol. The number of rotatable bonds is 3. The quantitative estimate of drug-likeness (QED) is 0.821. The van der Waals surface area contributed by atoms with E-state index < -0.39 is 0 Å². The highest BCUT2D eigenvalue weighted by Gasteiger charge is 2.35. The largest absolute Gasteiger partial charge is 0.365 e. The van der Waals surface area contributed by atoms with Crippen molar-refractivity contribution < 1.29 is 0 Å². The summed E-state index contributed by atoms with van der Waals surface area (Å²) in [5, 5.41) is 5.57. The van der Waals surface area contributed by atoms with Gasteiger partial charge >= 0.3 is 0 Å². The second-order valence-corrected chi connectivity index (χ2v) is 7.13. The first kappa shape index (κ1) is 10.3. The lowest BCUT2D eigenvalue weighted by molar-refractivity contribution is 0.582.